The molecule has 0 saturated carbocycles. The second-order valence-electron chi connectivity index (χ2n) is 4.19. The Morgan fingerprint density at radius 2 is 1.60 bits per heavy atom. The Bertz CT molecular complexity index is 567. The highest BCUT2D eigenvalue weighted by Gasteiger charge is 2.11. The molecule has 0 aromatic heterocycles. The van der Waals surface area contributed by atoms with Crippen molar-refractivity contribution < 1.29 is 13.6 Å². The molecule has 0 aliphatic rings. The van der Waals surface area contributed by atoms with Crippen LogP contribution in [0.4, 0.5) is 20.2 Å². The number of anilines is 2. The molecular formula is C15H14F2N2O. The van der Waals surface area contributed by atoms with Gasteiger partial charge < -0.3 is 10.6 Å². The zero-order valence-electron chi connectivity index (χ0n) is 10.7. The molecule has 5 heteroatoms. The minimum Gasteiger partial charge on any atom is -0.385 e. The Morgan fingerprint density at radius 3 is 2.25 bits per heavy atom. The van der Waals surface area contributed by atoms with Crippen molar-refractivity contribution >= 4 is 17.3 Å². The highest BCUT2D eigenvalue weighted by molar-refractivity contribution is 5.91. The van der Waals surface area contributed by atoms with Gasteiger partial charge in [-0.3, -0.25) is 4.79 Å². The summed E-state index contributed by atoms with van der Waals surface area (Å²) in [5, 5.41) is 5.28. The molecule has 0 aliphatic carbocycles. The SMILES string of the molecule is O=C(CCNc1ccccc1)Nc1c(F)cccc1F. The van der Waals surface area contributed by atoms with Crippen LogP contribution in [0.3, 0.4) is 0 Å². The van der Waals surface area contributed by atoms with Gasteiger partial charge in [0.25, 0.3) is 0 Å². The number of hydrogen-bond acceptors (Lipinski definition) is 2. The fourth-order valence-corrected chi connectivity index (χ4v) is 1.70. The summed E-state index contributed by atoms with van der Waals surface area (Å²) >= 11 is 0. The number of para-hydroxylation sites is 2. The van der Waals surface area contributed by atoms with Gasteiger partial charge in [-0.1, -0.05) is 24.3 Å². The van der Waals surface area contributed by atoms with Crippen molar-refractivity contribution in [3.05, 3.63) is 60.2 Å². The standard InChI is InChI=1S/C15H14F2N2O/c16-12-7-4-8-13(17)15(12)19-14(20)9-10-18-11-5-2-1-3-6-11/h1-8,18H,9-10H2,(H,19,20). The van der Waals surface area contributed by atoms with Crippen LogP contribution in [0.5, 0.6) is 0 Å². The normalized spacial score (nSPS) is 10.1. The zero-order chi connectivity index (χ0) is 14.4. The number of carbonyl (C=O) groups excluding carboxylic acids is 1. The molecule has 0 atom stereocenters. The largest absolute Gasteiger partial charge is 0.385 e. The molecule has 0 saturated heterocycles. The van der Waals surface area contributed by atoms with E-state index in [4.69, 9.17) is 0 Å². The molecule has 2 N–H and O–H groups in total. The lowest BCUT2D eigenvalue weighted by atomic mass is 10.2. The molecule has 0 aliphatic heterocycles. The first-order valence-corrected chi connectivity index (χ1v) is 6.19. The van der Waals surface area contributed by atoms with Gasteiger partial charge in [0.15, 0.2) is 0 Å². The van der Waals surface area contributed by atoms with Crippen LogP contribution in [-0.2, 0) is 4.79 Å². The van der Waals surface area contributed by atoms with E-state index in [9.17, 15) is 13.6 Å². The minimum absolute atomic E-state index is 0.114. The lowest BCUT2D eigenvalue weighted by Gasteiger charge is -2.08. The average molecular weight is 276 g/mol. The first-order valence-electron chi connectivity index (χ1n) is 6.19. The lowest BCUT2D eigenvalue weighted by Crippen LogP contribution is -2.17. The van der Waals surface area contributed by atoms with E-state index in [1.54, 1.807) is 0 Å². The van der Waals surface area contributed by atoms with Gasteiger partial charge in [0.2, 0.25) is 5.91 Å². The maximum absolute atomic E-state index is 13.3. The van der Waals surface area contributed by atoms with E-state index < -0.39 is 23.2 Å². The molecule has 20 heavy (non-hydrogen) atoms. The van der Waals surface area contributed by atoms with Crippen LogP contribution in [0.1, 0.15) is 6.42 Å². The van der Waals surface area contributed by atoms with Gasteiger partial charge in [-0.25, -0.2) is 8.78 Å². The Morgan fingerprint density at radius 1 is 0.950 bits per heavy atom. The topological polar surface area (TPSA) is 41.1 Å². The number of carbonyl (C=O) groups is 1. The first kappa shape index (κ1) is 14.0. The predicted octanol–water partition coefficient (Wildman–Crippen LogP) is 3.41. The monoisotopic (exact) mass is 276 g/mol. The fourth-order valence-electron chi connectivity index (χ4n) is 1.70. The molecule has 0 radical (unpaired) electrons. The third-order valence-electron chi connectivity index (χ3n) is 2.68. The molecule has 0 unspecified atom stereocenters. The number of benzene rings is 2. The summed E-state index contributed by atoms with van der Waals surface area (Å²) in [7, 11) is 0. The van der Waals surface area contributed by atoms with Crippen molar-refractivity contribution in [2.45, 2.75) is 6.42 Å². The Balaban J connectivity index is 1.84. The second kappa shape index (κ2) is 6.65. The Hall–Kier alpha value is -2.43. The van der Waals surface area contributed by atoms with Crippen LogP contribution < -0.4 is 10.6 Å². The van der Waals surface area contributed by atoms with E-state index in [1.165, 1.54) is 6.07 Å². The van der Waals surface area contributed by atoms with Crippen molar-refractivity contribution in [2.75, 3.05) is 17.2 Å². The molecule has 0 spiro atoms. The summed E-state index contributed by atoms with van der Waals surface area (Å²) in [5.41, 5.74) is 0.481. The van der Waals surface area contributed by atoms with E-state index in [1.807, 2.05) is 30.3 Å². The van der Waals surface area contributed by atoms with Crippen LogP contribution in [0.25, 0.3) is 0 Å². The number of amides is 1. The van der Waals surface area contributed by atoms with E-state index in [0.29, 0.717) is 6.54 Å². The molecule has 1 amide bonds. The van der Waals surface area contributed by atoms with Crippen LogP contribution in [-0.4, -0.2) is 12.5 Å². The van der Waals surface area contributed by atoms with Crippen molar-refractivity contribution in [1.82, 2.24) is 0 Å². The van der Waals surface area contributed by atoms with Crippen LogP contribution >= 0.6 is 0 Å². The molecule has 2 aromatic carbocycles. The Kier molecular flexibility index (Phi) is 4.65. The third-order valence-corrected chi connectivity index (χ3v) is 2.68. The summed E-state index contributed by atoms with van der Waals surface area (Å²) in [5.74, 6) is -2.01. The van der Waals surface area contributed by atoms with Gasteiger partial charge in [0.05, 0.1) is 0 Å². The summed E-state index contributed by atoms with van der Waals surface area (Å²) in [6.07, 6.45) is 0.114. The molecule has 3 nitrogen and oxygen atoms in total. The maximum Gasteiger partial charge on any atom is 0.226 e. The van der Waals surface area contributed by atoms with Gasteiger partial charge in [0, 0.05) is 18.7 Å². The smallest absolute Gasteiger partial charge is 0.226 e. The minimum atomic E-state index is -0.783. The summed E-state index contributed by atoms with van der Waals surface area (Å²) < 4.78 is 26.7. The molecule has 2 aromatic rings. The average Bonchev–Trinajstić information content (AvgIpc) is 2.44. The molecule has 0 fully saturated rings. The first-order chi connectivity index (χ1) is 9.66. The van der Waals surface area contributed by atoms with Gasteiger partial charge in [-0.05, 0) is 24.3 Å². The number of halogens is 2. The summed E-state index contributed by atoms with van der Waals surface area (Å²) in [6, 6.07) is 12.8. The van der Waals surface area contributed by atoms with Crippen LogP contribution in [0, 0.1) is 11.6 Å². The van der Waals surface area contributed by atoms with Gasteiger partial charge in [-0.15, -0.1) is 0 Å². The van der Waals surface area contributed by atoms with Crippen molar-refractivity contribution in [2.24, 2.45) is 0 Å². The van der Waals surface area contributed by atoms with E-state index in [-0.39, 0.29) is 6.42 Å². The highest BCUT2D eigenvalue weighted by atomic mass is 19.1. The highest BCUT2D eigenvalue weighted by Crippen LogP contribution is 2.18. The summed E-state index contributed by atoms with van der Waals surface area (Å²) in [6.45, 7) is 0.381. The molecular weight excluding hydrogens is 262 g/mol. The van der Waals surface area contributed by atoms with Crippen molar-refractivity contribution in [3.8, 4) is 0 Å². The molecule has 104 valence electrons. The van der Waals surface area contributed by atoms with Crippen LogP contribution in [0.2, 0.25) is 0 Å². The fraction of sp³-hybridized carbons (Fsp3) is 0.133. The second-order valence-corrected chi connectivity index (χ2v) is 4.19. The molecule has 0 heterocycles. The number of nitrogens with one attached hydrogen (secondary N) is 2. The van der Waals surface area contributed by atoms with Gasteiger partial charge in [0.1, 0.15) is 17.3 Å². The van der Waals surface area contributed by atoms with Gasteiger partial charge >= 0.3 is 0 Å². The zero-order valence-corrected chi connectivity index (χ0v) is 10.7. The predicted molar refractivity (Wildman–Crippen MR) is 74.5 cm³/mol. The molecule has 2 rings (SSSR count). The third kappa shape index (κ3) is 3.78. The quantitative estimate of drug-likeness (QED) is 0.878. The molecule has 0 bridgehead atoms. The summed E-state index contributed by atoms with van der Waals surface area (Å²) in [4.78, 5) is 11.6. The Labute approximate surface area is 115 Å². The van der Waals surface area contributed by atoms with E-state index in [0.717, 1.165) is 17.8 Å². The lowest BCUT2D eigenvalue weighted by molar-refractivity contribution is -0.116. The van der Waals surface area contributed by atoms with Crippen molar-refractivity contribution in [3.63, 3.8) is 0 Å². The van der Waals surface area contributed by atoms with Gasteiger partial charge in [-0.2, -0.15) is 0 Å². The van der Waals surface area contributed by atoms with Crippen LogP contribution in [0.15, 0.2) is 48.5 Å². The maximum atomic E-state index is 13.3. The van der Waals surface area contributed by atoms with Crippen molar-refractivity contribution in [1.29, 1.82) is 0 Å². The van der Waals surface area contributed by atoms with E-state index >= 15 is 0 Å². The number of hydrogen-bond donors (Lipinski definition) is 2. The number of rotatable bonds is 5. The van der Waals surface area contributed by atoms with E-state index in [2.05, 4.69) is 10.6 Å².